The van der Waals surface area contributed by atoms with Crippen molar-refractivity contribution in [2.24, 2.45) is 5.73 Å². The van der Waals surface area contributed by atoms with E-state index in [-0.39, 0.29) is 43.4 Å². The molecule has 0 bridgehead atoms. The van der Waals surface area contributed by atoms with Crippen LogP contribution in [0.25, 0.3) is 0 Å². The molecule has 1 aromatic rings. The molecule has 0 radical (unpaired) electrons. The van der Waals surface area contributed by atoms with Crippen molar-refractivity contribution in [1.82, 2.24) is 10.6 Å². The highest BCUT2D eigenvalue weighted by molar-refractivity contribution is 9.10. The Labute approximate surface area is 138 Å². The second-order valence-corrected chi connectivity index (χ2v) is 5.02. The summed E-state index contributed by atoms with van der Waals surface area (Å²) >= 11 is 3.39. The number of carbonyl (C=O) groups excluding carboxylic acids is 2. The highest BCUT2D eigenvalue weighted by atomic mass is 79.9. The minimum absolute atomic E-state index is 0. The molecule has 0 heterocycles. The first-order valence-electron chi connectivity index (χ1n) is 6.07. The zero-order valence-corrected chi connectivity index (χ0v) is 14.2. The maximum absolute atomic E-state index is 11.7. The van der Waals surface area contributed by atoms with Gasteiger partial charge in [-0.15, -0.1) is 12.4 Å². The van der Waals surface area contributed by atoms with Crippen molar-refractivity contribution in [2.45, 2.75) is 13.0 Å². The third kappa shape index (κ3) is 6.33. The van der Waals surface area contributed by atoms with Crippen LogP contribution in [0.3, 0.4) is 0 Å². The fraction of sp³-hybridized carbons (Fsp3) is 0.385. The fourth-order valence-corrected chi connectivity index (χ4v) is 2.14. The number of benzene rings is 1. The lowest BCUT2D eigenvalue weighted by atomic mass is 10.1. The first-order valence-corrected chi connectivity index (χ1v) is 6.86. The Kier molecular flexibility index (Phi) is 9.00. The quantitative estimate of drug-likeness (QED) is 0.690. The molecule has 1 unspecified atom stereocenters. The SMILES string of the molecule is COc1ccc(C(C)NC(=O)CNC(=O)CN)cc1Br.Cl. The fourth-order valence-electron chi connectivity index (χ4n) is 1.58. The van der Waals surface area contributed by atoms with Gasteiger partial charge in [-0.05, 0) is 40.5 Å². The first-order chi connectivity index (χ1) is 9.47. The number of carbonyl (C=O) groups is 2. The third-order valence-electron chi connectivity index (χ3n) is 2.68. The number of halogens is 2. The molecule has 0 aliphatic heterocycles. The third-order valence-corrected chi connectivity index (χ3v) is 3.30. The van der Waals surface area contributed by atoms with Crippen LogP contribution in [0.1, 0.15) is 18.5 Å². The molecule has 0 fully saturated rings. The van der Waals surface area contributed by atoms with Crippen LogP contribution in [0.5, 0.6) is 5.75 Å². The van der Waals surface area contributed by atoms with Gasteiger partial charge in [-0.1, -0.05) is 6.07 Å². The molecule has 2 amide bonds. The van der Waals surface area contributed by atoms with E-state index in [1.807, 2.05) is 25.1 Å². The standard InChI is InChI=1S/C13H18BrN3O3.ClH/c1-8(17-13(19)7-16-12(18)6-15)9-3-4-11(20-2)10(14)5-9;/h3-5,8H,6-7,15H2,1-2H3,(H,16,18)(H,17,19);1H. The Balaban J connectivity index is 0.00000400. The molecule has 118 valence electrons. The van der Waals surface area contributed by atoms with E-state index in [0.717, 1.165) is 15.8 Å². The Hall–Kier alpha value is -1.31. The average Bonchev–Trinajstić information content (AvgIpc) is 2.44. The molecule has 0 aliphatic rings. The Morgan fingerprint density at radius 1 is 1.38 bits per heavy atom. The van der Waals surface area contributed by atoms with Gasteiger partial charge < -0.3 is 21.1 Å². The number of ether oxygens (including phenoxy) is 1. The van der Waals surface area contributed by atoms with Gasteiger partial charge in [0.2, 0.25) is 11.8 Å². The van der Waals surface area contributed by atoms with E-state index >= 15 is 0 Å². The molecule has 0 saturated heterocycles. The minimum Gasteiger partial charge on any atom is -0.496 e. The van der Waals surface area contributed by atoms with Gasteiger partial charge in [-0.3, -0.25) is 9.59 Å². The number of hydrogen-bond acceptors (Lipinski definition) is 4. The zero-order valence-electron chi connectivity index (χ0n) is 11.8. The first kappa shape index (κ1) is 19.7. The summed E-state index contributed by atoms with van der Waals surface area (Å²) in [5, 5.41) is 5.20. The van der Waals surface area contributed by atoms with E-state index in [1.165, 1.54) is 0 Å². The lowest BCUT2D eigenvalue weighted by Gasteiger charge is -2.16. The van der Waals surface area contributed by atoms with Gasteiger partial charge in [0.1, 0.15) is 5.75 Å². The molecule has 8 heteroatoms. The maximum atomic E-state index is 11.7. The lowest BCUT2D eigenvalue weighted by molar-refractivity contribution is -0.125. The van der Waals surface area contributed by atoms with Crippen LogP contribution >= 0.6 is 28.3 Å². The predicted molar refractivity (Wildman–Crippen MR) is 86.6 cm³/mol. The summed E-state index contributed by atoms with van der Waals surface area (Å²) in [7, 11) is 1.59. The summed E-state index contributed by atoms with van der Waals surface area (Å²) in [4.78, 5) is 22.6. The van der Waals surface area contributed by atoms with Crippen molar-refractivity contribution in [1.29, 1.82) is 0 Å². The van der Waals surface area contributed by atoms with Crippen LogP contribution in [0, 0.1) is 0 Å². The second kappa shape index (κ2) is 9.59. The summed E-state index contributed by atoms with van der Waals surface area (Å²) in [6.07, 6.45) is 0. The number of nitrogens with two attached hydrogens (primary N) is 1. The van der Waals surface area contributed by atoms with E-state index in [9.17, 15) is 9.59 Å². The van der Waals surface area contributed by atoms with Crippen molar-refractivity contribution in [3.05, 3.63) is 28.2 Å². The van der Waals surface area contributed by atoms with Gasteiger partial charge in [0.25, 0.3) is 0 Å². The lowest BCUT2D eigenvalue weighted by Crippen LogP contribution is -2.40. The molecule has 21 heavy (non-hydrogen) atoms. The predicted octanol–water partition coefficient (Wildman–Crippen LogP) is 1.13. The van der Waals surface area contributed by atoms with E-state index in [4.69, 9.17) is 10.5 Å². The summed E-state index contributed by atoms with van der Waals surface area (Å²) in [6, 6.07) is 5.38. The molecule has 1 aromatic carbocycles. The van der Waals surface area contributed by atoms with Crippen molar-refractivity contribution in [3.8, 4) is 5.75 Å². The molecule has 6 nitrogen and oxygen atoms in total. The van der Waals surface area contributed by atoms with Crippen molar-refractivity contribution in [2.75, 3.05) is 20.2 Å². The van der Waals surface area contributed by atoms with Crippen LogP contribution < -0.4 is 21.1 Å². The van der Waals surface area contributed by atoms with Crippen molar-refractivity contribution < 1.29 is 14.3 Å². The van der Waals surface area contributed by atoms with Crippen LogP contribution in [0.4, 0.5) is 0 Å². The molecule has 0 aliphatic carbocycles. The van der Waals surface area contributed by atoms with Crippen LogP contribution in [-0.4, -0.2) is 32.0 Å². The smallest absolute Gasteiger partial charge is 0.239 e. The van der Waals surface area contributed by atoms with Crippen LogP contribution in [-0.2, 0) is 9.59 Å². The largest absolute Gasteiger partial charge is 0.496 e. The van der Waals surface area contributed by atoms with Gasteiger partial charge in [0, 0.05) is 0 Å². The number of hydrogen-bond donors (Lipinski definition) is 3. The van der Waals surface area contributed by atoms with Gasteiger partial charge in [-0.2, -0.15) is 0 Å². The molecular weight excluding hydrogens is 362 g/mol. The van der Waals surface area contributed by atoms with Gasteiger partial charge >= 0.3 is 0 Å². The summed E-state index contributed by atoms with van der Waals surface area (Å²) in [6.45, 7) is 1.64. The summed E-state index contributed by atoms with van der Waals surface area (Å²) in [5.41, 5.74) is 6.06. The highest BCUT2D eigenvalue weighted by Crippen LogP contribution is 2.27. The van der Waals surface area contributed by atoms with Gasteiger partial charge in [-0.25, -0.2) is 0 Å². The van der Waals surface area contributed by atoms with Crippen molar-refractivity contribution in [3.63, 3.8) is 0 Å². The Bertz CT molecular complexity index is 500. The van der Waals surface area contributed by atoms with E-state index < -0.39 is 0 Å². The highest BCUT2D eigenvalue weighted by Gasteiger charge is 2.12. The van der Waals surface area contributed by atoms with Crippen LogP contribution in [0.2, 0.25) is 0 Å². The Morgan fingerprint density at radius 3 is 2.57 bits per heavy atom. The van der Waals surface area contributed by atoms with E-state index in [0.29, 0.717) is 0 Å². The van der Waals surface area contributed by atoms with Gasteiger partial charge in [0.05, 0.1) is 30.7 Å². The topological polar surface area (TPSA) is 93.5 Å². The average molecular weight is 381 g/mol. The molecule has 0 spiro atoms. The molecule has 0 saturated carbocycles. The summed E-state index contributed by atoms with van der Waals surface area (Å²) in [5.74, 6) is 0.0914. The number of nitrogens with one attached hydrogen (secondary N) is 2. The molecule has 4 N–H and O–H groups in total. The second-order valence-electron chi connectivity index (χ2n) is 4.16. The maximum Gasteiger partial charge on any atom is 0.239 e. The van der Waals surface area contributed by atoms with Gasteiger partial charge in [0.15, 0.2) is 0 Å². The Morgan fingerprint density at radius 2 is 2.05 bits per heavy atom. The number of rotatable bonds is 6. The molecule has 0 aromatic heterocycles. The number of amides is 2. The normalized spacial score (nSPS) is 11.0. The van der Waals surface area contributed by atoms with E-state index in [1.54, 1.807) is 7.11 Å². The summed E-state index contributed by atoms with van der Waals surface area (Å²) < 4.78 is 5.96. The van der Waals surface area contributed by atoms with E-state index in [2.05, 4.69) is 26.6 Å². The monoisotopic (exact) mass is 379 g/mol. The molecule has 1 rings (SSSR count). The molecule has 1 atom stereocenters. The zero-order chi connectivity index (χ0) is 15.1. The molecular formula is C13H19BrClN3O3. The van der Waals surface area contributed by atoms with Crippen LogP contribution in [0.15, 0.2) is 22.7 Å². The minimum atomic E-state index is -0.361. The number of methoxy groups -OCH3 is 1. The van der Waals surface area contributed by atoms with Crippen molar-refractivity contribution >= 4 is 40.2 Å².